The molecule has 10 heteroatoms. The van der Waals surface area contributed by atoms with Crippen molar-refractivity contribution in [3.05, 3.63) is 65.3 Å². The third-order valence-electron chi connectivity index (χ3n) is 4.93. The first-order valence-electron chi connectivity index (χ1n) is 9.71. The van der Waals surface area contributed by atoms with Gasteiger partial charge in [-0.25, -0.2) is 9.97 Å². The second-order valence-corrected chi connectivity index (χ2v) is 7.94. The van der Waals surface area contributed by atoms with Gasteiger partial charge in [0.05, 0.1) is 17.7 Å². The molecule has 0 atom stereocenters. The highest BCUT2D eigenvalue weighted by Crippen LogP contribution is 2.31. The molecular weight excluding hydrogens is 427 g/mol. The monoisotopic (exact) mass is 447 g/mol. The van der Waals surface area contributed by atoms with E-state index in [4.69, 9.17) is 0 Å². The number of nitrogens with one attached hydrogen (secondary N) is 1. The summed E-state index contributed by atoms with van der Waals surface area (Å²) in [5.41, 5.74) is 0.165. The van der Waals surface area contributed by atoms with E-state index in [0.717, 1.165) is 18.0 Å². The molecule has 0 bridgehead atoms. The molecule has 1 saturated heterocycles. The second kappa shape index (κ2) is 8.93. The molecule has 0 saturated carbocycles. The number of nitrogens with zero attached hydrogens (tertiary/aromatic N) is 4. The molecule has 6 nitrogen and oxygen atoms in total. The van der Waals surface area contributed by atoms with E-state index in [-0.39, 0.29) is 12.3 Å². The van der Waals surface area contributed by atoms with E-state index >= 15 is 0 Å². The van der Waals surface area contributed by atoms with Crippen LogP contribution in [0.5, 0.6) is 0 Å². The summed E-state index contributed by atoms with van der Waals surface area (Å²) < 4.78 is 38.6. The van der Waals surface area contributed by atoms with Crippen LogP contribution in [0.15, 0.2) is 54.0 Å². The van der Waals surface area contributed by atoms with E-state index in [1.54, 1.807) is 22.5 Å². The van der Waals surface area contributed by atoms with Gasteiger partial charge in [-0.15, -0.1) is 11.3 Å². The number of carbonyl (C=O) groups excluding carboxylic acids is 1. The van der Waals surface area contributed by atoms with Crippen molar-refractivity contribution in [2.24, 2.45) is 0 Å². The molecule has 31 heavy (non-hydrogen) atoms. The molecule has 1 aromatic carbocycles. The van der Waals surface area contributed by atoms with Crippen molar-refractivity contribution in [1.29, 1.82) is 0 Å². The zero-order valence-electron chi connectivity index (χ0n) is 16.5. The van der Waals surface area contributed by atoms with Gasteiger partial charge >= 0.3 is 6.18 Å². The highest BCUT2D eigenvalue weighted by atomic mass is 32.1. The fraction of sp³-hybridized carbons (Fsp3) is 0.286. The van der Waals surface area contributed by atoms with Gasteiger partial charge in [0.2, 0.25) is 5.91 Å². The number of hydrogen-bond donors (Lipinski definition) is 1. The highest BCUT2D eigenvalue weighted by molar-refractivity contribution is 7.13. The number of halogens is 3. The minimum Gasteiger partial charge on any atom is -0.353 e. The molecule has 162 valence electrons. The van der Waals surface area contributed by atoms with Gasteiger partial charge in [-0.1, -0.05) is 12.1 Å². The van der Waals surface area contributed by atoms with Crippen molar-refractivity contribution in [3.8, 4) is 0 Å². The summed E-state index contributed by atoms with van der Waals surface area (Å²) in [6, 6.07) is 10.7. The lowest BCUT2D eigenvalue weighted by molar-refractivity contribution is -0.137. The minimum atomic E-state index is -4.40. The lowest BCUT2D eigenvalue weighted by Crippen LogP contribution is -2.49. The maximum absolute atomic E-state index is 12.9. The van der Waals surface area contributed by atoms with E-state index in [9.17, 15) is 18.0 Å². The summed E-state index contributed by atoms with van der Waals surface area (Å²) in [5.74, 6) is 0.885. The first-order valence-corrected chi connectivity index (χ1v) is 10.6. The van der Waals surface area contributed by atoms with Crippen LogP contribution in [0.1, 0.15) is 11.3 Å². The Bertz CT molecular complexity index is 1030. The van der Waals surface area contributed by atoms with Crippen LogP contribution in [0, 0.1) is 0 Å². The molecule has 3 aromatic rings. The van der Waals surface area contributed by atoms with Crippen LogP contribution in [0.4, 0.5) is 29.8 Å². The number of benzene rings is 1. The predicted molar refractivity (Wildman–Crippen MR) is 114 cm³/mol. The first kappa shape index (κ1) is 21.1. The number of pyridine rings is 1. The van der Waals surface area contributed by atoms with Crippen LogP contribution >= 0.6 is 11.3 Å². The summed E-state index contributed by atoms with van der Waals surface area (Å²) in [7, 11) is 0. The molecular formula is C21H20F3N5OS. The van der Waals surface area contributed by atoms with E-state index in [1.807, 2.05) is 18.2 Å². The molecule has 3 heterocycles. The number of aromatic nitrogens is 2. The largest absolute Gasteiger partial charge is 0.416 e. The predicted octanol–water partition coefficient (Wildman–Crippen LogP) is 4.19. The number of hydrogen-bond acceptors (Lipinski definition) is 6. The van der Waals surface area contributed by atoms with Gasteiger partial charge in [0.15, 0.2) is 5.13 Å². The third-order valence-corrected chi connectivity index (χ3v) is 5.74. The number of carbonyl (C=O) groups is 1. The Hall–Kier alpha value is -3.14. The average molecular weight is 447 g/mol. The molecule has 0 aliphatic carbocycles. The first-order chi connectivity index (χ1) is 14.9. The van der Waals surface area contributed by atoms with E-state index in [0.29, 0.717) is 42.7 Å². The average Bonchev–Trinajstić information content (AvgIpc) is 3.20. The molecule has 0 spiro atoms. The van der Waals surface area contributed by atoms with Crippen molar-refractivity contribution in [2.75, 3.05) is 36.4 Å². The third kappa shape index (κ3) is 5.32. The summed E-state index contributed by atoms with van der Waals surface area (Å²) in [5, 5.41) is 5.08. The maximum atomic E-state index is 12.9. The molecule has 0 unspecified atom stereocenters. The van der Waals surface area contributed by atoms with E-state index < -0.39 is 11.7 Å². The molecule has 1 amide bonds. The Morgan fingerprint density at radius 1 is 1.10 bits per heavy atom. The molecule has 1 N–H and O–H groups in total. The van der Waals surface area contributed by atoms with Gasteiger partial charge in [0, 0.05) is 43.4 Å². The molecule has 1 aliphatic heterocycles. The summed E-state index contributed by atoms with van der Waals surface area (Å²) in [6.45, 7) is 2.63. The molecule has 0 radical (unpaired) electrons. The number of amides is 1. The van der Waals surface area contributed by atoms with Gasteiger partial charge < -0.3 is 15.1 Å². The normalized spacial score (nSPS) is 14.5. The number of thiazole rings is 1. The van der Waals surface area contributed by atoms with Crippen LogP contribution in [-0.4, -0.2) is 47.0 Å². The number of anilines is 3. The van der Waals surface area contributed by atoms with Gasteiger partial charge in [-0.2, -0.15) is 13.2 Å². The van der Waals surface area contributed by atoms with Gasteiger partial charge in [-0.05, 0) is 30.3 Å². The molecule has 1 fully saturated rings. The lowest BCUT2D eigenvalue weighted by Gasteiger charge is -2.35. The van der Waals surface area contributed by atoms with Gasteiger partial charge in [0.1, 0.15) is 5.82 Å². The number of rotatable bonds is 5. The van der Waals surface area contributed by atoms with Crippen molar-refractivity contribution in [2.45, 2.75) is 12.6 Å². The Kier molecular flexibility index (Phi) is 6.08. The quantitative estimate of drug-likeness (QED) is 0.636. The van der Waals surface area contributed by atoms with Crippen LogP contribution in [0.25, 0.3) is 0 Å². The Balaban J connectivity index is 1.32. The summed E-state index contributed by atoms with van der Waals surface area (Å²) in [6.07, 6.45) is -2.50. The standard InChI is InChI=1S/C21H20F3N5OS/c22-21(23,24)15-4-3-5-16(12-15)26-20-27-17(14-31-20)13-19(30)29-10-8-28(9-11-29)18-6-1-2-7-25-18/h1-7,12,14H,8-11,13H2,(H,26,27). The fourth-order valence-electron chi connectivity index (χ4n) is 3.33. The van der Waals surface area contributed by atoms with Crippen molar-refractivity contribution in [1.82, 2.24) is 14.9 Å². The zero-order valence-corrected chi connectivity index (χ0v) is 17.3. The topological polar surface area (TPSA) is 61.4 Å². The zero-order chi connectivity index (χ0) is 21.8. The lowest BCUT2D eigenvalue weighted by atomic mass is 10.2. The number of piperazine rings is 1. The van der Waals surface area contributed by atoms with Crippen molar-refractivity contribution < 1.29 is 18.0 Å². The number of alkyl halides is 3. The molecule has 1 aliphatic rings. The van der Waals surface area contributed by atoms with Crippen LogP contribution in [0.3, 0.4) is 0 Å². The highest BCUT2D eigenvalue weighted by Gasteiger charge is 2.30. The Morgan fingerprint density at radius 2 is 1.90 bits per heavy atom. The van der Waals surface area contributed by atoms with E-state index in [2.05, 4.69) is 20.2 Å². The van der Waals surface area contributed by atoms with Crippen LogP contribution in [-0.2, 0) is 17.4 Å². The Morgan fingerprint density at radius 3 is 2.61 bits per heavy atom. The molecule has 2 aromatic heterocycles. The van der Waals surface area contributed by atoms with E-state index in [1.165, 1.54) is 17.4 Å². The summed E-state index contributed by atoms with van der Waals surface area (Å²) >= 11 is 1.25. The van der Waals surface area contributed by atoms with Gasteiger partial charge in [-0.3, -0.25) is 4.79 Å². The Labute approximate surface area is 181 Å². The SMILES string of the molecule is O=C(Cc1csc(Nc2cccc(C(F)(F)F)c2)n1)N1CCN(c2ccccn2)CC1. The van der Waals surface area contributed by atoms with Crippen LogP contribution < -0.4 is 10.2 Å². The van der Waals surface area contributed by atoms with Crippen LogP contribution in [0.2, 0.25) is 0 Å². The second-order valence-electron chi connectivity index (χ2n) is 7.08. The summed E-state index contributed by atoms with van der Waals surface area (Å²) in [4.78, 5) is 25.3. The van der Waals surface area contributed by atoms with Crippen molar-refractivity contribution >= 4 is 33.9 Å². The van der Waals surface area contributed by atoms with Crippen molar-refractivity contribution in [3.63, 3.8) is 0 Å². The fourth-order valence-corrected chi connectivity index (χ4v) is 4.07. The minimum absolute atomic E-state index is 0.0170. The maximum Gasteiger partial charge on any atom is 0.416 e. The van der Waals surface area contributed by atoms with Gasteiger partial charge in [0.25, 0.3) is 0 Å². The molecule has 4 rings (SSSR count). The smallest absolute Gasteiger partial charge is 0.353 e.